The molecule has 0 bridgehead atoms. The lowest BCUT2D eigenvalue weighted by Gasteiger charge is -2.17. The maximum absolute atomic E-state index is 5.34. The first kappa shape index (κ1) is 10.0. The van der Waals surface area contributed by atoms with Crippen molar-refractivity contribution in [3.8, 4) is 5.88 Å². The standard InChI is InChI=1S/C7H11NO2.CH4/c1-7(2,3)10-6-4-5-9-8-6;/h4-5H,1-3H3;1H4. The van der Waals surface area contributed by atoms with E-state index in [1.54, 1.807) is 6.07 Å². The summed E-state index contributed by atoms with van der Waals surface area (Å²) < 4.78 is 9.92. The molecule has 0 atom stereocenters. The van der Waals surface area contributed by atoms with Gasteiger partial charge in [-0.25, -0.2) is 0 Å². The molecular weight excluding hydrogens is 142 g/mol. The van der Waals surface area contributed by atoms with E-state index >= 15 is 0 Å². The minimum absolute atomic E-state index is 0. The van der Waals surface area contributed by atoms with Crippen LogP contribution in [0.2, 0.25) is 0 Å². The average molecular weight is 157 g/mol. The van der Waals surface area contributed by atoms with Gasteiger partial charge >= 0.3 is 0 Å². The molecule has 0 unspecified atom stereocenters. The van der Waals surface area contributed by atoms with Crippen LogP contribution in [0.4, 0.5) is 0 Å². The predicted molar refractivity (Wildman–Crippen MR) is 43.6 cm³/mol. The number of ether oxygens (including phenoxy) is 1. The first-order valence-corrected chi connectivity index (χ1v) is 3.17. The number of nitrogens with zero attached hydrogens (tertiary/aromatic N) is 1. The summed E-state index contributed by atoms with van der Waals surface area (Å²) in [5, 5.41) is 3.60. The fraction of sp³-hybridized carbons (Fsp3) is 0.625. The Balaban J connectivity index is 0.000001000. The molecule has 1 aromatic rings. The number of rotatable bonds is 1. The molecule has 0 aliphatic carbocycles. The minimum Gasteiger partial charge on any atom is -0.470 e. The van der Waals surface area contributed by atoms with Crippen LogP contribution in [-0.2, 0) is 0 Å². The molecule has 0 N–H and O–H groups in total. The summed E-state index contributed by atoms with van der Waals surface area (Å²) >= 11 is 0. The highest BCUT2D eigenvalue weighted by Gasteiger charge is 2.12. The van der Waals surface area contributed by atoms with E-state index < -0.39 is 0 Å². The molecule has 0 aliphatic heterocycles. The molecule has 64 valence electrons. The summed E-state index contributed by atoms with van der Waals surface area (Å²) in [5.41, 5.74) is -0.198. The minimum atomic E-state index is -0.198. The van der Waals surface area contributed by atoms with Gasteiger partial charge in [-0.15, -0.1) is 0 Å². The first-order valence-electron chi connectivity index (χ1n) is 3.17. The van der Waals surface area contributed by atoms with Crippen LogP contribution in [0.15, 0.2) is 16.9 Å². The molecule has 0 fully saturated rings. The fourth-order valence-electron chi connectivity index (χ4n) is 0.568. The van der Waals surface area contributed by atoms with Gasteiger partial charge in [0.05, 0.1) is 0 Å². The van der Waals surface area contributed by atoms with E-state index in [2.05, 4.69) is 9.68 Å². The molecule has 0 amide bonds. The molecule has 1 heterocycles. The van der Waals surface area contributed by atoms with E-state index in [9.17, 15) is 0 Å². The molecule has 0 radical (unpaired) electrons. The van der Waals surface area contributed by atoms with E-state index in [4.69, 9.17) is 4.74 Å². The van der Waals surface area contributed by atoms with Crippen molar-refractivity contribution in [2.24, 2.45) is 0 Å². The summed E-state index contributed by atoms with van der Waals surface area (Å²) in [4.78, 5) is 0. The number of hydrogen-bond acceptors (Lipinski definition) is 3. The van der Waals surface area contributed by atoms with E-state index in [0.717, 1.165) is 0 Å². The van der Waals surface area contributed by atoms with Crippen molar-refractivity contribution in [3.05, 3.63) is 12.3 Å². The Morgan fingerprint density at radius 2 is 2.09 bits per heavy atom. The third kappa shape index (κ3) is 3.65. The summed E-state index contributed by atoms with van der Waals surface area (Å²) in [6, 6.07) is 1.69. The van der Waals surface area contributed by atoms with Crippen LogP contribution in [0.1, 0.15) is 28.2 Å². The molecule has 1 rings (SSSR count). The second-order valence-corrected chi connectivity index (χ2v) is 3.05. The Labute approximate surface area is 67.3 Å². The Hall–Kier alpha value is -0.990. The van der Waals surface area contributed by atoms with Gasteiger partial charge in [0.1, 0.15) is 11.9 Å². The Kier molecular flexibility index (Phi) is 3.11. The lowest BCUT2D eigenvalue weighted by Crippen LogP contribution is -2.22. The summed E-state index contributed by atoms with van der Waals surface area (Å²) in [5.74, 6) is 0.535. The fourth-order valence-corrected chi connectivity index (χ4v) is 0.568. The molecule has 0 saturated carbocycles. The maximum Gasteiger partial charge on any atom is 0.254 e. The highest BCUT2D eigenvalue weighted by Crippen LogP contribution is 2.13. The van der Waals surface area contributed by atoms with Crippen molar-refractivity contribution in [3.63, 3.8) is 0 Å². The smallest absolute Gasteiger partial charge is 0.254 e. The summed E-state index contributed by atoms with van der Waals surface area (Å²) in [7, 11) is 0. The molecule has 0 spiro atoms. The molecule has 3 heteroatoms. The highest BCUT2D eigenvalue weighted by molar-refractivity contribution is 5.03. The second-order valence-electron chi connectivity index (χ2n) is 3.05. The van der Waals surface area contributed by atoms with Crippen LogP contribution in [0, 0.1) is 0 Å². The normalized spacial score (nSPS) is 10.5. The zero-order valence-corrected chi connectivity index (χ0v) is 6.42. The van der Waals surface area contributed by atoms with Crippen LogP contribution in [-0.4, -0.2) is 10.8 Å². The van der Waals surface area contributed by atoms with E-state index in [1.807, 2.05) is 20.8 Å². The lowest BCUT2D eigenvalue weighted by molar-refractivity contribution is 0.117. The van der Waals surface area contributed by atoms with Gasteiger partial charge in [0.15, 0.2) is 0 Å². The maximum atomic E-state index is 5.34. The Morgan fingerprint density at radius 3 is 2.45 bits per heavy atom. The lowest BCUT2D eigenvalue weighted by atomic mass is 10.2. The highest BCUT2D eigenvalue weighted by atomic mass is 16.5. The number of hydrogen-bond donors (Lipinski definition) is 0. The Morgan fingerprint density at radius 1 is 1.45 bits per heavy atom. The average Bonchev–Trinajstić information content (AvgIpc) is 2.12. The predicted octanol–water partition coefficient (Wildman–Crippen LogP) is 2.49. The van der Waals surface area contributed by atoms with E-state index in [1.165, 1.54) is 6.26 Å². The van der Waals surface area contributed by atoms with Gasteiger partial charge in [0.2, 0.25) is 0 Å². The third-order valence-corrected chi connectivity index (χ3v) is 0.825. The van der Waals surface area contributed by atoms with Gasteiger partial charge in [0.25, 0.3) is 5.88 Å². The van der Waals surface area contributed by atoms with E-state index in [-0.39, 0.29) is 13.0 Å². The van der Waals surface area contributed by atoms with Gasteiger partial charge < -0.3 is 9.26 Å². The third-order valence-electron chi connectivity index (χ3n) is 0.825. The van der Waals surface area contributed by atoms with Gasteiger partial charge in [-0.2, -0.15) is 0 Å². The van der Waals surface area contributed by atoms with Crippen LogP contribution < -0.4 is 4.74 Å². The molecule has 3 nitrogen and oxygen atoms in total. The molecule has 0 saturated heterocycles. The topological polar surface area (TPSA) is 35.3 Å². The van der Waals surface area contributed by atoms with Gasteiger partial charge in [0, 0.05) is 6.07 Å². The molecular formula is C8H15NO2. The van der Waals surface area contributed by atoms with Crippen LogP contribution in [0.5, 0.6) is 5.88 Å². The van der Waals surface area contributed by atoms with E-state index in [0.29, 0.717) is 5.88 Å². The quantitative estimate of drug-likeness (QED) is 0.628. The van der Waals surface area contributed by atoms with Crippen LogP contribution in [0.25, 0.3) is 0 Å². The van der Waals surface area contributed by atoms with Crippen LogP contribution >= 0.6 is 0 Å². The summed E-state index contributed by atoms with van der Waals surface area (Å²) in [6.45, 7) is 5.88. The molecule has 0 aromatic carbocycles. The largest absolute Gasteiger partial charge is 0.470 e. The van der Waals surface area contributed by atoms with Crippen molar-refractivity contribution in [2.45, 2.75) is 33.8 Å². The summed E-state index contributed by atoms with van der Waals surface area (Å²) in [6.07, 6.45) is 1.49. The second kappa shape index (κ2) is 3.42. The van der Waals surface area contributed by atoms with Crippen LogP contribution in [0.3, 0.4) is 0 Å². The Bertz CT molecular complexity index is 186. The van der Waals surface area contributed by atoms with Crippen molar-refractivity contribution >= 4 is 0 Å². The van der Waals surface area contributed by atoms with Crippen molar-refractivity contribution in [1.82, 2.24) is 5.16 Å². The van der Waals surface area contributed by atoms with Crippen molar-refractivity contribution in [2.75, 3.05) is 0 Å². The van der Waals surface area contributed by atoms with Crippen molar-refractivity contribution < 1.29 is 9.26 Å². The van der Waals surface area contributed by atoms with Gasteiger partial charge in [-0.05, 0) is 25.9 Å². The SMILES string of the molecule is C.CC(C)(C)Oc1ccon1. The zero-order chi connectivity index (χ0) is 7.61. The monoisotopic (exact) mass is 157 g/mol. The first-order chi connectivity index (χ1) is 4.58. The zero-order valence-electron chi connectivity index (χ0n) is 6.42. The van der Waals surface area contributed by atoms with Crippen molar-refractivity contribution in [1.29, 1.82) is 0 Å². The molecule has 1 aromatic heterocycles. The van der Waals surface area contributed by atoms with Gasteiger partial charge in [-0.3, -0.25) is 0 Å². The number of aromatic nitrogens is 1. The van der Waals surface area contributed by atoms with Gasteiger partial charge in [-0.1, -0.05) is 7.43 Å². The molecule has 0 aliphatic rings. The molecule has 11 heavy (non-hydrogen) atoms.